The summed E-state index contributed by atoms with van der Waals surface area (Å²) < 4.78 is 14.9. The van der Waals surface area contributed by atoms with Crippen LogP contribution in [0, 0.1) is 5.82 Å². The van der Waals surface area contributed by atoms with E-state index in [4.69, 9.17) is 0 Å². The molecule has 3 atom stereocenters. The van der Waals surface area contributed by atoms with Gasteiger partial charge in [-0.15, -0.1) is 0 Å². The molecule has 2 heterocycles. The van der Waals surface area contributed by atoms with Gasteiger partial charge in [-0.2, -0.15) is 5.10 Å². The third-order valence-corrected chi connectivity index (χ3v) is 7.44. The summed E-state index contributed by atoms with van der Waals surface area (Å²) in [6.07, 6.45) is 5.60. The van der Waals surface area contributed by atoms with E-state index in [1.807, 2.05) is 24.4 Å². The molecule has 3 amide bonds. The number of hydrogen-bond acceptors (Lipinski definition) is 5. The number of halogens is 1. The first-order valence-electron chi connectivity index (χ1n) is 13.3. The first kappa shape index (κ1) is 26.6. The topological polar surface area (TPSA) is 99.6 Å². The lowest BCUT2D eigenvalue weighted by Crippen LogP contribution is -2.56. The summed E-state index contributed by atoms with van der Waals surface area (Å²) in [5.74, 6) is -0.571. The number of aromatic nitrogens is 2. The number of nitrogens with one attached hydrogen (secondary N) is 2. The summed E-state index contributed by atoms with van der Waals surface area (Å²) in [5, 5.41) is 10.6. The summed E-state index contributed by atoms with van der Waals surface area (Å²) in [6, 6.07) is 15.0. The number of piperazine rings is 1. The number of hydrogen-bond donors (Lipinski definition) is 2. The van der Waals surface area contributed by atoms with Gasteiger partial charge in [0.15, 0.2) is 0 Å². The molecule has 2 N–H and O–H groups in total. The Morgan fingerprint density at radius 2 is 1.87 bits per heavy atom. The standard InChI is InChI=1S/C29H33FN6O3/c1-34-16-17-35(19-27(34)37)29(39)25(4-2-13-31-26-18-24(26)20-5-9-22(30)10-6-20)33-28(38)21-7-11-23(12-8-21)36-15-3-14-32-36/h3,5-12,14-15,24-26,31H,2,4,13,16-19H2,1H3,(H,33,38)/t24-,25-,26?/m0/s1. The Hall–Kier alpha value is -4.05. The third-order valence-electron chi connectivity index (χ3n) is 7.44. The highest BCUT2D eigenvalue weighted by Gasteiger charge is 2.38. The zero-order chi connectivity index (χ0) is 27.4. The zero-order valence-corrected chi connectivity index (χ0v) is 21.9. The van der Waals surface area contributed by atoms with E-state index in [0.29, 0.717) is 50.0 Å². The molecule has 0 radical (unpaired) electrons. The maximum Gasteiger partial charge on any atom is 0.251 e. The van der Waals surface area contributed by atoms with Crippen molar-refractivity contribution in [3.63, 3.8) is 0 Å². The minimum absolute atomic E-state index is 0.0138. The molecule has 2 fully saturated rings. The molecule has 0 bridgehead atoms. The monoisotopic (exact) mass is 532 g/mol. The van der Waals surface area contributed by atoms with E-state index < -0.39 is 6.04 Å². The summed E-state index contributed by atoms with van der Waals surface area (Å²) in [4.78, 5) is 41.9. The molecule has 3 aromatic rings. The molecule has 1 saturated carbocycles. The van der Waals surface area contributed by atoms with Crippen molar-refractivity contribution in [2.24, 2.45) is 0 Å². The predicted octanol–water partition coefficient (Wildman–Crippen LogP) is 2.34. The van der Waals surface area contributed by atoms with Gasteiger partial charge < -0.3 is 20.4 Å². The van der Waals surface area contributed by atoms with Crippen molar-refractivity contribution in [3.05, 3.63) is 83.9 Å². The van der Waals surface area contributed by atoms with Gasteiger partial charge in [-0.3, -0.25) is 14.4 Å². The minimum atomic E-state index is -0.742. The highest BCUT2D eigenvalue weighted by atomic mass is 19.1. The number of benzene rings is 2. The van der Waals surface area contributed by atoms with Gasteiger partial charge >= 0.3 is 0 Å². The lowest BCUT2D eigenvalue weighted by molar-refractivity contribution is -0.145. The molecule has 10 heteroatoms. The number of carbonyl (C=O) groups excluding carboxylic acids is 3. The minimum Gasteiger partial charge on any atom is -0.342 e. The van der Waals surface area contributed by atoms with Crippen LogP contribution in [-0.4, -0.2) is 82.6 Å². The highest BCUT2D eigenvalue weighted by molar-refractivity contribution is 5.98. The third kappa shape index (κ3) is 6.51. The van der Waals surface area contributed by atoms with Crippen LogP contribution in [0.15, 0.2) is 67.0 Å². The Morgan fingerprint density at radius 3 is 2.56 bits per heavy atom. The van der Waals surface area contributed by atoms with E-state index >= 15 is 0 Å². The van der Waals surface area contributed by atoms with Gasteiger partial charge in [0, 0.05) is 50.1 Å². The smallest absolute Gasteiger partial charge is 0.251 e. The summed E-state index contributed by atoms with van der Waals surface area (Å²) in [5.41, 5.74) is 2.38. The van der Waals surface area contributed by atoms with E-state index in [-0.39, 0.29) is 30.1 Å². The molecule has 1 aromatic heterocycles. The maximum absolute atomic E-state index is 13.4. The van der Waals surface area contributed by atoms with Crippen LogP contribution in [-0.2, 0) is 9.59 Å². The van der Waals surface area contributed by atoms with Gasteiger partial charge in [-0.05, 0) is 73.8 Å². The Kier molecular flexibility index (Phi) is 8.02. The van der Waals surface area contributed by atoms with E-state index in [1.165, 1.54) is 17.0 Å². The van der Waals surface area contributed by atoms with E-state index in [9.17, 15) is 18.8 Å². The Morgan fingerprint density at radius 1 is 1.10 bits per heavy atom. The van der Waals surface area contributed by atoms with Gasteiger partial charge in [0.25, 0.3) is 5.91 Å². The molecule has 2 aliphatic rings. The largest absolute Gasteiger partial charge is 0.342 e. The van der Waals surface area contributed by atoms with Crippen molar-refractivity contribution in [1.29, 1.82) is 0 Å². The summed E-state index contributed by atoms with van der Waals surface area (Å²) in [7, 11) is 1.72. The zero-order valence-electron chi connectivity index (χ0n) is 21.9. The molecular weight excluding hydrogens is 499 g/mol. The fourth-order valence-electron chi connectivity index (χ4n) is 4.95. The van der Waals surface area contributed by atoms with Crippen LogP contribution in [0.3, 0.4) is 0 Å². The lowest BCUT2D eigenvalue weighted by atomic mass is 10.1. The number of likely N-dealkylation sites (N-methyl/N-ethyl adjacent to an activating group) is 1. The lowest BCUT2D eigenvalue weighted by Gasteiger charge is -2.34. The first-order chi connectivity index (χ1) is 18.9. The Bertz CT molecular complexity index is 1300. The van der Waals surface area contributed by atoms with Crippen LogP contribution in [0.2, 0.25) is 0 Å². The van der Waals surface area contributed by atoms with E-state index in [0.717, 1.165) is 17.7 Å². The highest BCUT2D eigenvalue weighted by Crippen LogP contribution is 2.40. The average molecular weight is 533 g/mol. The molecular formula is C29H33FN6O3. The van der Waals surface area contributed by atoms with Crippen LogP contribution in [0.1, 0.15) is 41.1 Å². The fraction of sp³-hybridized carbons (Fsp3) is 0.379. The fourth-order valence-corrected chi connectivity index (χ4v) is 4.95. The number of carbonyl (C=O) groups is 3. The molecule has 1 aliphatic carbocycles. The molecule has 1 aliphatic heterocycles. The van der Waals surface area contributed by atoms with Gasteiger partial charge in [0.05, 0.1) is 12.2 Å². The van der Waals surface area contributed by atoms with E-state index in [1.54, 1.807) is 47.1 Å². The Balaban J connectivity index is 1.18. The first-order valence-corrected chi connectivity index (χ1v) is 13.3. The molecule has 0 spiro atoms. The van der Waals surface area contributed by atoms with Crippen LogP contribution in [0.25, 0.3) is 5.69 Å². The second kappa shape index (κ2) is 11.8. The van der Waals surface area contributed by atoms with Crippen molar-refractivity contribution >= 4 is 17.7 Å². The molecule has 39 heavy (non-hydrogen) atoms. The quantitative estimate of drug-likeness (QED) is 0.391. The second-order valence-corrected chi connectivity index (χ2v) is 10.2. The van der Waals surface area contributed by atoms with Crippen LogP contribution < -0.4 is 10.6 Å². The molecule has 1 unspecified atom stereocenters. The molecule has 1 saturated heterocycles. The predicted molar refractivity (Wildman–Crippen MR) is 144 cm³/mol. The molecule has 9 nitrogen and oxygen atoms in total. The average Bonchev–Trinajstić information content (AvgIpc) is 3.50. The van der Waals surface area contributed by atoms with Crippen molar-refractivity contribution < 1.29 is 18.8 Å². The van der Waals surface area contributed by atoms with E-state index in [2.05, 4.69) is 15.7 Å². The van der Waals surface area contributed by atoms with Crippen molar-refractivity contribution in [1.82, 2.24) is 30.2 Å². The van der Waals surface area contributed by atoms with Gasteiger partial charge in [0.1, 0.15) is 11.9 Å². The number of rotatable bonds is 10. The maximum atomic E-state index is 13.4. The van der Waals surface area contributed by atoms with Crippen LogP contribution in [0.4, 0.5) is 4.39 Å². The molecule has 5 rings (SSSR count). The van der Waals surface area contributed by atoms with Gasteiger partial charge in [0.2, 0.25) is 11.8 Å². The summed E-state index contributed by atoms with van der Waals surface area (Å²) in [6.45, 7) is 1.60. The van der Waals surface area contributed by atoms with Crippen LogP contribution >= 0.6 is 0 Å². The SMILES string of the molecule is CN1CCN(C(=O)[C@H](CCCNC2C[C@H]2c2ccc(F)cc2)NC(=O)c2ccc(-n3cccn3)cc2)CC1=O. The van der Waals surface area contributed by atoms with Gasteiger partial charge in [-0.1, -0.05) is 12.1 Å². The van der Waals surface area contributed by atoms with Crippen molar-refractivity contribution in [2.75, 3.05) is 33.2 Å². The van der Waals surface area contributed by atoms with Crippen LogP contribution in [0.5, 0.6) is 0 Å². The number of amides is 3. The van der Waals surface area contributed by atoms with Crippen molar-refractivity contribution in [2.45, 2.75) is 37.3 Å². The second-order valence-electron chi connectivity index (χ2n) is 10.2. The number of nitrogens with zero attached hydrogens (tertiary/aromatic N) is 4. The van der Waals surface area contributed by atoms with Gasteiger partial charge in [-0.25, -0.2) is 9.07 Å². The molecule has 2 aromatic carbocycles. The normalized spacial score (nSPS) is 19.6. The summed E-state index contributed by atoms with van der Waals surface area (Å²) >= 11 is 0. The van der Waals surface area contributed by atoms with Crippen molar-refractivity contribution in [3.8, 4) is 5.69 Å². The molecule has 204 valence electrons. The Labute approximate surface area is 227 Å².